The van der Waals surface area contributed by atoms with E-state index in [1.165, 1.54) is 6.26 Å². The van der Waals surface area contributed by atoms with E-state index in [2.05, 4.69) is 31.3 Å². The molecule has 9 heteroatoms. The van der Waals surface area contributed by atoms with Gasteiger partial charge in [-0.3, -0.25) is 0 Å². The lowest BCUT2D eigenvalue weighted by Crippen LogP contribution is -2.03. The molecule has 0 atom stereocenters. The molecule has 4 aromatic rings. The fourth-order valence-electron chi connectivity index (χ4n) is 2.73. The van der Waals surface area contributed by atoms with Crippen LogP contribution in [-0.2, 0) is 9.84 Å². The van der Waals surface area contributed by atoms with Crippen LogP contribution in [0.3, 0.4) is 0 Å². The summed E-state index contributed by atoms with van der Waals surface area (Å²) in [6.07, 6.45) is 2.85. The standard InChI is InChI=1S/C19H14BrClN4O2S/c1-28(26,27)15-8-6-14(7-9-15)23-18-10-17(12-2-4-13(21)5-3-12)24-19-16(20)11-22-25(18)19/h2-11,23H,1H3. The van der Waals surface area contributed by atoms with Gasteiger partial charge in [0.2, 0.25) is 0 Å². The Morgan fingerprint density at radius 1 is 1.07 bits per heavy atom. The summed E-state index contributed by atoms with van der Waals surface area (Å²) in [5.41, 5.74) is 3.05. The van der Waals surface area contributed by atoms with Crippen molar-refractivity contribution >= 4 is 54.5 Å². The van der Waals surface area contributed by atoms with Gasteiger partial charge in [0.25, 0.3) is 0 Å². The van der Waals surface area contributed by atoms with Crippen molar-refractivity contribution in [2.24, 2.45) is 0 Å². The van der Waals surface area contributed by atoms with Gasteiger partial charge in [-0.2, -0.15) is 9.61 Å². The largest absolute Gasteiger partial charge is 0.340 e. The second-order valence-corrected chi connectivity index (χ2v) is 9.49. The molecule has 4 rings (SSSR count). The lowest BCUT2D eigenvalue weighted by Gasteiger charge is -2.11. The molecule has 0 aliphatic heterocycles. The van der Waals surface area contributed by atoms with Crippen LogP contribution >= 0.6 is 27.5 Å². The van der Waals surface area contributed by atoms with Crippen LogP contribution in [0.4, 0.5) is 11.5 Å². The average Bonchev–Trinajstić information content (AvgIpc) is 3.03. The van der Waals surface area contributed by atoms with Crippen molar-refractivity contribution in [2.75, 3.05) is 11.6 Å². The number of halogens is 2. The highest BCUT2D eigenvalue weighted by Crippen LogP contribution is 2.28. The number of anilines is 2. The molecule has 0 saturated carbocycles. The molecule has 0 saturated heterocycles. The Bertz CT molecular complexity index is 1270. The molecule has 0 spiro atoms. The van der Waals surface area contributed by atoms with Crippen molar-refractivity contribution in [3.63, 3.8) is 0 Å². The molecule has 0 aliphatic rings. The number of benzene rings is 2. The predicted molar refractivity (Wildman–Crippen MR) is 114 cm³/mol. The van der Waals surface area contributed by atoms with Gasteiger partial charge in [0.05, 0.1) is 21.3 Å². The molecule has 0 fully saturated rings. The Labute approximate surface area is 175 Å². The maximum Gasteiger partial charge on any atom is 0.175 e. The summed E-state index contributed by atoms with van der Waals surface area (Å²) >= 11 is 9.46. The highest BCUT2D eigenvalue weighted by molar-refractivity contribution is 9.10. The smallest absolute Gasteiger partial charge is 0.175 e. The van der Waals surface area contributed by atoms with Crippen LogP contribution in [-0.4, -0.2) is 29.3 Å². The van der Waals surface area contributed by atoms with E-state index in [4.69, 9.17) is 11.6 Å². The fraction of sp³-hybridized carbons (Fsp3) is 0.0526. The Kier molecular flexibility index (Phi) is 4.86. The van der Waals surface area contributed by atoms with Gasteiger partial charge in [0.15, 0.2) is 15.5 Å². The van der Waals surface area contributed by atoms with E-state index in [1.807, 2.05) is 30.3 Å². The van der Waals surface area contributed by atoms with E-state index in [0.29, 0.717) is 16.5 Å². The van der Waals surface area contributed by atoms with Crippen LogP contribution in [0.25, 0.3) is 16.9 Å². The molecule has 2 heterocycles. The fourth-order valence-corrected chi connectivity index (χ4v) is 3.83. The first-order chi connectivity index (χ1) is 13.3. The van der Waals surface area contributed by atoms with E-state index in [0.717, 1.165) is 21.4 Å². The van der Waals surface area contributed by atoms with Crippen LogP contribution in [0.2, 0.25) is 5.02 Å². The number of rotatable bonds is 4. The maximum atomic E-state index is 11.6. The van der Waals surface area contributed by atoms with Crippen LogP contribution in [0, 0.1) is 0 Å². The second-order valence-electron chi connectivity index (χ2n) is 6.18. The summed E-state index contributed by atoms with van der Waals surface area (Å²) in [6.45, 7) is 0. The average molecular weight is 478 g/mol. The van der Waals surface area contributed by atoms with Crippen molar-refractivity contribution in [1.82, 2.24) is 14.6 Å². The molecular weight excluding hydrogens is 464 g/mol. The minimum Gasteiger partial charge on any atom is -0.340 e. The number of hydrogen-bond acceptors (Lipinski definition) is 5. The molecule has 0 amide bonds. The molecule has 2 aromatic carbocycles. The van der Waals surface area contributed by atoms with Crippen LogP contribution < -0.4 is 5.32 Å². The zero-order valence-electron chi connectivity index (χ0n) is 14.6. The SMILES string of the molecule is CS(=O)(=O)c1ccc(Nc2cc(-c3ccc(Cl)cc3)nc3c(Br)cnn23)cc1. The van der Waals surface area contributed by atoms with Gasteiger partial charge in [0, 0.05) is 28.6 Å². The molecule has 0 radical (unpaired) electrons. The van der Waals surface area contributed by atoms with E-state index < -0.39 is 9.84 Å². The molecule has 142 valence electrons. The van der Waals surface area contributed by atoms with Gasteiger partial charge < -0.3 is 5.32 Å². The molecule has 28 heavy (non-hydrogen) atoms. The highest BCUT2D eigenvalue weighted by atomic mass is 79.9. The zero-order valence-corrected chi connectivity index (χ0v) is 17.8. The minimum atomic E-state index is -3.24. The number of fused-ring (bicyclic) bond motifs is 1. The minimum absolute atomic E-state index is 0.265. The third-order valence-electron chi connectivity index (χ3n) is 4.12. The first kappa shape index (κ1) is 18.9. The van der Waals surface area contributed by atoms with Crippen molar-refractivity contribution in [3.8, 4) is 11.3 Å². The first-order valence-corrected chi connectivity index (χ1v) is 11.2. The molecule has 1 N–H and O–H groups in total. The van der Waals surface area contributed by atoms with E-state index in [9.17, 15) is 8.42 Å². The lowest BCUT2D eigenvalue weighted by atomic mass is 10.1. The summed E-state index contributed by atoms with van der Waals surface area (Å²) in [5.74, 6) is 0.688. The predicted octanol–water partition coefficient (Wildman–Crippen LogP) is 4.96. The highest BCUT2D eigenvalue weighted by Gasteiger charge is 2.12. The number of nitrogens with one attached hydrogen (secondary N) is 1. The van der Waals surface area contributed by atoms with Crippen molar-refractivity contribution in [3.05, 3.63) is 70.3 Å². The maximum absolute atomic E-state index is 11.6. The van der Waals surface area contributed by atoms with Crippen LogP contribution in [0.5, 0.6) is 0 Å². The van der Waals surface area contributed by atoms with Crippen molar-refractivity contribution in [1.29, 1.82) is 0 Å². The molecule has 6 nitrogen and oxygen atoms in total. The van der Waals surface area contributed by atoms with E-state index >= 15 is 0 Å². The summed E-state index contributed by atoms with van der Waals surface area (Å²) in [6, 6.07) is 15.8. The third-order valence-corrected chi connectivity index (χ3v) is 6.06. The Morgan fingerprint density at radius 2 is 1.75 bits per heavy atom. The normalized spacial score (nSPS) is 11.7. The topological polar surface area (TPSA) is 76.4 Å². The van der Waals surface area contributed by atoms with Crippen LogP contribution in [0.15, 0.2) is 70.2 Å². The van der Waals surface area contributed by atoms with Crippen LogP contribution in [0.1, 0.15) is 0 Å². The van der Waals surface area contributed by atoms with E-state index in [1.54, 1.807) is 35.0 Å². The van der Waals surface area contributed by atoms with Crippen molar-refractivity contribution in [2.45, 2.75) is 4.90 Å². The summed E-state index contributed by atoms with van der Waals surface area (Å²) in [4.78, 5) is 4.94. The Balaban J connectivity index is 1.78. The number of hydrogen-bond donors (Lipinski definition) is 1. The summed E-state index contributed by atoms with van der Waals surface area (Å²) in [7, 11) is -3.24. The molecular formula is C19H14BrClN4O2S. The number of sulfone groups is 1. The van der Waals surface area contributed by atoms with E-state index in [-0.39, 0.29) is 4.90 Å². The molecule has 0 bridgehead atoms. The summed E-state index contributed by atoms with van der Waals surface area (Å²) in [5, 5.41) is 8.28. The Morgan fingerprint density at radius 3 is 2.39 bits per heavy atom. The van der Waals surface area contributed by atoms with Gasteiger partial charge in [0.1, 0.15) is 5.82 Å². The van der Waals surface area contributed by atoms with Gasteiger partial charge in [-0.1, -0.05) is 23.7 Å². The number of nitrogens with zero attached hydrogens (tertiary/aromatic N) is 3. The molecule has 0 aliphatic carbocycles. The van der Waals surface area contributed by atoms with Gasteiger partial charge in [-0.25, -0.2) is 13.4 Å². The zero-order chi connectivity index (χ0) is 19.9. The second kappa shape index (κ2) is 7.20. The third kappa shape index (κ3) is 3.76. The number of aromatic nitrogens is 3. The molecule has 2 aromatic heterocycles. The monoisotopic (exact) mass is 476 g/mol. The Hall–Kier alpha value is -2.42. The lowest BCUT2D eigenvalue weighted by molar-refractivity contribution is 0.602. The summed E-state index contributed by atoms with van der Waals surface area (Å²) < 4.78 is 25.7. The first-order valence-electron chi connectivity index (χ1n) is 8.19. The van der Waals surface area contributed by atoms with Gasteiger partial charge in [-0.05, 0) is 52.3 Å². The van der Waals surface area contributed by atoms with Gasteiger partial charge in [-0.15, -0.1) is 0 Å². The quantitative estimate of drug-likeness (QED) is 0.449. The molecule has 0 unspecified atom stereocenters. The van der Waals surface area contributed by atoms with Crippen molar-refractivity contribution < 1.29 is 8.42 Å². The van der Waals surface area contributed by atoms with Gasteiger partial charge >= 0.3 is 0 Å².